The minimum atomic E-state index is -1.18. The van der Waals surface area contributed by atoms with Gasteiger partial charge in [-0.25, -0.2) is 13.7 Å². The Morgan fingerprint density at radius 3 is 2.67 bits per heavy atom. The maximum atomic E-state index is 13.6. The van der Waals surface area contributed by atoms with E-state index in [-0.39, 0.29) is 12.2 Å². The molecule has 154 valence electrons. The van der Waals surface area contributed by atoms with Crippen molar-refractivity contribution in [2.24, 2.45) is 10.3 Å². The summed E-state index contributed by atoms with van der Waals surface area (Å²) in [6, 6.07) is 7.68. The summed E-state index contributed by atoms with van der Waals surface area (Å²) in [5.41, 5.74) is 0.476. The molecule has 0 unspecified atom stereocenters. The highest BCUT2D eigenvalue weighted by Gasteiger charge is 2.55. The molecule has 3 amide bonds. The van der Waals surface area contributed by atoms with Gasteiger partial charge in [-0.1, -0.05) is 11.3 Å². The van der Waals surface area contributed by atoms with Gasteiger partial charge in [-0.2, -0.15) is 5.11 Å². The molecule has 2 aliphatic heterocycles. The summed E-state index contributed by atoms with van der Waals surface area (Å²) in [6.07, 6.45) is 1.91. The first-order valence-corrected chi connectivity index (χ1v) is 10.1. The molecule has 0 spiro atoms. The molecule has 0 aromatic heterocycles. The first kappa shape index (κ1) is 20.0. The van der Waals surface area contributed by atoms with Crippen LogP contribution in [-0.2, 0) is 14.4 Å². The summed E-state index contributed by atoms with van der Waals surface area (Å²) < 4.78 is 26.7. The smallest absolute Gasteiger partial charge is 0.263 e. The number of hydrogen-bond donors (Lipinski definition) is 1. The number of benzene rings is 2. The molecule has 1 saturated heterocycles. The molecule has 11 heteroatoms. The molecule has 0 radical (unpaired) electrons. The van der Waals surface area contributed by atoms with Gasteiger partial charge >= 0.3 is 0 Å². The van der Waals surface area contributed by atoms with Crippen molar-refractivity contribution in [1.82, 2.24) is 5.01 Å². The monoisotopic (exact) mass is 431 g/mol. The number of carbonyl (C=O) groups is 3. The molecule has 30 heavy (non-hydrogen) atoms. The average molecular weight is 431 g/mol. The maximum Gasteiger partial charge on any atom is 0.263 e. The highest BCUT2D eigenvalue weighted by molar-refractivity contribution is 7.98. The third-order valence-corrected chi connectivity index (χ3v) is 5.40. The number of amides is 3. The fraction of sp³-hybridized carbons (Fsp3) is 0.211. The standard InChI is InChI=1S/C19H15F2N5O3S/c1-30-12-4-2-3-10(7-12)22-15(27)9-25-17-16(23-24-25)18(28)26(19(17)29)11-5-6-13(20)14(21)8-11/h2-8,16-17H,9H2,1H3,(H,22,27)/t16-,17-/m1/s1. The number of fused-ring (bicyclic) bond motifs is 1. The van der Waals surface area contributed by atoms with E-state index in [4.69, 9.17) is 0 Å². The summed E-state index contributed by atoms with van der Waals surface area (Å²) in [5, 5.41) is 11.4. The van der Waals surface area contributed by atoms with E-state index in [0.717, 1.165) is 33.0 Å². The van der Waals surface area contributed by atoms with Crippen LogP contribution >= 0.6 is 11.8 Å². The van der Waals surface area contributed by atoms with Gasteiger partial charge in [0.25, 0.3) is 11.8 Å². The van der Waals surface area contributed by atoms with Crippen LogP contribution in [0.2, 0.25) is 0 Å². The molecule has 4 rings (SSSR count). The summed E-state index contributed by atoms with van der Waals surface area (Å²) in [7, 11) is 0. The zero-order valence-corrected chi connectivity index (χ0v) is 16.4. The Balaban J connectivity index is 1.49. The van der Waals surface area contributed by atoms with Crippen LogP contribution in [-0.4, -0.2) is 47.6 Å². The van der Waals surface area contributed by atoms with Gasteiger partial charge in [-0.05, 0) is 36.6 Å². The summed E-state index contributed by atoms with van der Waals surface area (Å²) in [6.45, 7) is -0.307. The number of halogens is 2. The van der Waals surface area contributed by atoms with Crippen LogP contribution in [0.1, 0.15) is 0 Å². The molecule has 2 atom stereocenters. The molecule has 2 heterocycles. The average Bonchev–Trinajstić information content (AvgIpc) is 3.24. The quantitative estimate of drug-likeness (QED) is 0.580. The lowest BCUT2D eigenvalue weighted by molar-refractivity contribution is -0.123. The van der Waals surface area contributed by atoms with Crippen LogP contribution in [0.15, 0.2) is 57.7 Å². The molecule has 0 aliphatic carbocycles. The Hall–Kier alpha value is -3.34. The summed E-state index contributed by atoms with van der Waals surface area (Å²) in [4.78, 5) is 39.5. The van der Waals surface area contributed by atoms with Crippen molar-refractivity contribution in [3.63, 3.8) is 0 Å². The number of thioether (sulfide) groups is 1. The van der Waals surface area contributed by atoms with E-state index in [0.29, 0.717) is 5.69 Å². The number of carbonyl (C=O) groups excluding carboxylic acids is 3. The summed E-state index contributed by atoms with van der Waals surface area (Å²) in [5.74, 6) is -4.15. The van der Waals surface area contributed by atoms with E-state index in [9.17, 15) is 23.2 Å². The minimum absolute atomic E-state index is 0.105. The van der Waals surface area contributed by atoms with Crippen LogP contribution < -0.4 is 10.2 Å². The molecule has 2 aliphatic rings. The molecule has 0 bridgehead atoms. The fourth-order valence-electron chi connectivity index (χ4n) is 3.28. The van der Waals surface area contributed by atoms with Crippen molar-refractivity contribution in [2.45, 2.75) is 17.0 Å². The highest BCUT2D eigenvalue weighted by atomic mass is 32.2. The normalized spacial score (nSPS) is 20.1. The summed E-state index contributed by atoms with van der Waals surface area (Å²) >= 11 is 1.52. The van der Waals surface area contributed by atoms with Gasteiger partial charge in [0.05, 0.1) is 5.69 Å². The largest absolute Gasteiger partial charge is 0.324 e. The van der Waals surface area contributed by atoms with Gasteiger partial charge in [-0.3, -0.25) is 19.4 Å². The number of hydrogen-bond acceptors (Lipinski definition) is 7. The van der Waals surface area contributed by atoms with Gasteiger partial charge in [0.1, 0.15) is 6.54 Å². The van der Waals surface area contributed by atoms with Gasteiger partial charge in [0.2, 0.25) is 5.91 Å². The lowest BCUT2D eigenvalue weighted by Gasteiger charge is -2.20. The van der Waals surface area contributed by atoms with Crippen molar-refractivity contribution >= 4 is 40.9 Å². The molecule has 2 aromatic rings. The van der Waals surface area contributed by atoms with Crippen LogP contribution in [0.3, 0.4) is 0 Å². The van der Waals surface area contributed by atoms with Gasteiger partial charge in [-0.15, -0.1) is 11.8 Å². The third-order valence-electron chi connectivity index (χ3n) is 4.68. The first-order chi connectivity index (χ1) is 14.4. The molecule has 2 aromatic carbocycles. The van der Waals surface area contributed by atoms with E-state index in [1.54, 1.807) is 18.2 Å². The van der Waals surface area contributed by atoms with Crippen molar-refractivity contribution in [3.8, 4) is 0 Å². The number of nitrogens with one attached hydrogen (secondary N) is 1. The molecular formula is C19H15F2N5O3S. The van der Waals surface area contributed by atoms with Gasteiger partial charge in [0, 0.05) is 16.6 Å². The Labute approximate surface area is 173 Å². The van der Waals surface area contributed by atoms with Crippen LogP contribution in [0.25, 0.3) is 0 Å². The molecule has 1 N–H and O–H groups in total. The second-order valence-electron chi connectivity index (χ2n) is 6.58. The predicted molar refractivity (Wildman–Crippen MR) is 105 cm³/mol. The highest BCUT2D eigenvalue weighted by Crippen LogP contribution is 2.32. The van der Waals surface area contributed by atoms with E-state index >= 15 is 0 Å². The molecule has 0 saturated carbocycles. The predicted octanol–water partition coefficient (Wildman–Crippen LogP) is 2.62. The van der Waals surface area contributed by atoms with Crippen LogP contribution in [0.5, 0.6) is 0 Å². The second-order valence-corrected chi connectivity index (χ2v) is 7.46. The zero-order valence-electron chi connectivity index (χ0n) is 15.6. The lowest BCUT2D eigenvalue weighted by Crippen LogP contribution is -2.43. The van der Waals surface area contributed by atoms with Crippen molar-refractivity contribution in [2.75, 3.05) is 23.0 Å². The lowest BCUT2D eigenvalue weighted by atomic mass is 10.1. The van der Waals surface area contributed by atoms with E-state index in [2.05, 4.69) is 15.7 Å². The molecule has 1 fully saturated rings. The van der Waals surface area contributed by atoms with E-state index in [1.165, 1.54) is 11.8 Å². The number of anilines is 2. The van der Waals surface area contributed by atoms with E-state index < -0.39 is 41.4 Å². The number of imide groups is 1. The zero-order chi connectivity index (χ0) is 21.4. The van der Waals surface area contributed by atoms with E-state index in [1.807, 2.05) is 12.3 Å². The van der Waals surface area contributed by atoms with Crippen molar-refractivity contribution in [3.05, 3.63) is 54.1 Å². The second kappa shape index (κ2) is 7.82. The van der Waals surface area contributed by atoms with Crippen molar-refractivity contribution in [1.29, 1.82) is 0 Å². The Morgan fingerprint density at radius 1 is 1.13 bits per heavy atom. The number of nitrogens with zero attached hydrogens (tertiary/aromatic N) is 4. The third kappa shape index (κ3) is 3.52. The Bertz CT molecular complexity index is 1080. The van der Waals surface area contributed by atoms with Crippen LogP contribution in [0, 0.1) is 11.6 Å². The SMILES string of the molecule is CSc1cccc(NC(=O)CN2N=N[C@H]3C(=O)N(c4ccc(F)c(F)c4)C(=O)[C@@H]32)c1. The first-order valence-electron chi connectivity index (χ1n) is 8.83. The maximum absolute atomic E-state index is 13.6. The molecule has 8 nitrogen and oxygen atoms in total. The fourth-order valence-corrected chi connectivity index (χ4v) is 3.74. The van der Waals surface area contributed by atoms with Crippen LogP contribution in [0.4, 0.5) is 20.2 Å². The topological polar surface area (TPSA) is 94.4 Å². The molecular weight excluding hydrogens is 416 g/mol. The number of rotatable bonds is 5. The Kier molecular flexibility index (Phi) is 5.20. The van der Waals surface area contributed by atoms with Gasteiger partial charge < -0.3 is 5.32 Å². The minimum Gasteiger partial charge on any atom is -0.324 e. The Morgan fingerprint density at radius 2 is 1.93 bits per heavy atom. The van der Waals surface area contributed by atoms with Crippen molar-refractivity contribution < 1.29 is 23.2 Å². The van der Waals surface area contributed by atoms with Gasteiger partial charge in [0.15, 0.2) is 23.7 Å².